The summed E-state index contributed by atoms with van der Waals surface area (Å²) in [4.78, 5) is 63.5. The van der Waals surface area contributed by atoms with E-state index < -0.39 is 47.9 Å². The van der Waals surface area contributed by atoms with E-state index in [-0.39, 0.29) is 37.5 Å². The normalized spacial score (nSPS) is 16.8. The number of amides is 3. The van der Waals surface area contributed by atoms with Crippen LogP contribution in [0.2, 0.25) is 0 Å². The Morgan fingerprint density at radius 3 is 2.49 bits per heavy atom. The van der Waals surface area contributed by atoms with Gasteiger partial charge in [-0.1, -0.05) is 12.1 Å². The van der Waals surface area contributed by atoms with Gasteiger partial charge in [-0.25, -0.2) is 9.78 Å². The van der Waals surface area contributed by atoms with Crippen molar-refractivity contribution in [2.75, 3.05) is 13.1 Å². The summed E-state index contributed by atoms with van der Waals surface area (Å²) < 4.78 is 0. The zero-order valence-electron chi connectivity index (χ0n) is 22.5. The predicted octanol–water partition coefficient (Wildman–Crippen LogP) is -1.67. The van der Waals surface area contributed by atoms with Crippen molar-refractivity contribution in [2.24, 2.45) is 22.2 Å². The third-order valence-electron chi connectivity index (χ3n) is 6.72. The van der Waals surface area contributed by atoms with Crippen LogP contribution in [0.15, 0.2) is 41.8 Å². The maximum atomic E-state index is 13.4. The largest absolute Gasteiger partial charge is 0.508 e. The van der Waals surface area contributed by atoms with Crippen LogP contribution in [0.3, 0.4) is 0 Å². The first-order chi connectivity index (χ1) is 19.5. The number of nitrogens with two attached hydrogens (primary N) is 3. The van der Waals surface area contributed by atoms with E-state index in [0.717, 1.165) is 5.56 Å². The average Bonchev–Trinajstić information content (AvgIpc) is 3.63. The van der Waals surface area contributed by atoms with E-state index in [1.807, 2.05) is 0 Å². The number of imidazole rings is 1. The minimum Gasteiger partial charge on any atom is -0.508 e. The summed E-state index contributed by atoms with van der Waals surface area (Å²) in [7, 11) is 0. The molecule has 3 amide bonds. The third-order valence-corrected chi connectivity index (χ3v) is 6.72. The number of phenols is 1. The van der Waals surface area contributed by atoms with Crippen molar-refractivity contribution in [3.05, 3.63) is 48.0 Å². The second kappa shape index (κ2) is 14.6. The highest BCUT2D eigenvalue weighted by molar-refractivity contribution is 5.94. The molecule has 15 heteroatoms. The molecule has 1 fully saturated rings. The van der Waals surface area contributed by atoms with Crippen LogP contribution < -0.4 is 27.8 Å². The summed E-state index contributed by atoms with van der Waals surface area (Å²) in [5, 5.41) is 24.3. The fourth-order valence-corrected chi connectivity index (χ4v) is 4.62. The molecule has 1 aromatic carbocycles. The van der Waals surface area contributed by atoms with E-state index in [2.05, 4.69) is 25.6 Å². The molecule has 2 heterocycles. The number of benzene rings is 1. The van der Waals surface area contributed by atoms with Gasteiger partial charge in [0.05, 0.1) is 12.4 Å². The van der Waals surface area contributed by atoms with Crippen LogP contribution in [0.4, 0.5) is 0 Å². The molecule has 41 heavy (non-hydrogen) atoms. The molecular weight excluding hydrogens is 534 g/mol. The number of likely N-dealkylation sites (tertiary alicyclic amines) is 1. The molecule has 15 nitrogen and oxygen atoms in total. The molecule has 11 N–H and O–H groups in total. The number of nitrogens with one attached hydrogen (secondary N) is 3. The van der Waals surface area contributed by atoms with E-state index in [4.69, 9.17) is 17.2 Å². The molecule has 0 bridgehead atoms. The zero-order valence-corrected chi connectivity index (χ0v) is 22.5. The lowest BCUT2D eigenvalue weighted by atomic mass is 10.0. The average molecular weight is 572 g/mol. The number of phenolic OH excluding ortho intramolecular Hbond substituents is 1. The highest BCUT2D eigenvalue weighted by Gasteiger charge is 2.38. The number of carboxylic acid groups (broad SMARTS) is 1. The number of carboxylic acids is 1. The zero-order chi connectivity index (χ0) is 29.9. The Bertz CT molecular complexity index is 1210. The van der Waals surface area contributed by atoms with Gasteiger partial charge in [-0.15, -0.1) is 0 Å². The summed E-state index contributed by atoms with van der Waals surface area (Å²) in [6, 6.07) is 2.19. The second-order valence-corrected chi connectivity index (χ2v) is 9.86. The Hall–Kier alpha value is -4.66. The Balaban J connectivity index is 1.68. The lowest BCUT2D eigenvalue weighted by Gasteiger charge is -2.28. The lowest BCUT2D eigenvalue weighted by Crippen LogP contribution is -2.57. The van der Waals surface area contributed by atoms with Crippen molar-refractivity contribution in [2.45, 2.75) is 62.7 Å². The number of carbonyl (C=O) groups excluding carboxylic acids is 3. The van der Waals surface area contributed by atoms with Gasteiger partial charge < -0.3 is 47.9 Å². The van der Waals surface area contributed by atoms with Crippen LogP contribution in [0, 0.1) is 0 Å². The number of rotatable bonds is 14. The van der Waals surface area contributed by atoms with Crippen LogP contribution in [-0.2, 0) is 32.0 Å². The smallest absolute Gasteiger partial charge is 0.326 e. The van der Waals surface area contributed by atoms with Gasteiger partial charge in [0.15, 0.2) is 5.96 Å². The molecule has 1 aliphatic heterocycles. The number of guanidine groups is 1. The second-order valence-electron chi connectivity index (χ2n) is 9.86. The first-order valence-electron chi connectivity index (χ1n) is 13.2. The van der Waals surface area contributed by atoms with Gasteiger partial charge in [0.1, 0.15) is 23.9 Å². The van der Waals surface area contributed by atoms with E-state index in [1.54, 1.807) is 12.1 Å². The summed E-state index contributed by atoms with van der Waals surface area (Å²) in [6.07, 6.45) is 4.41. The number of aliphatic carboxylic acids is 1. The molecule has 2 aromatic rings. The van der Waals surface area contributed by atoms with Gasteiger partial charge >= 0.3 is 5.97 Å². The predicted molar refractivity (Wildman–Crippen MR) is 148 cm³/mol. The topological polar surface area (TPSA) is 255 Å². The Morgan fingerprint density at radius 1 is 1.12 bits per heavy atom. The number of aromatic amines is 1. The molecule has 4 unspecified atom stereocenters. The standard InChI is InChI=1S/C26H37N9O6/c27-18(11-15-5-7-17(36)8-6-15)24(39)35-10-2-4-21(35)23(38)33-19(3-1-9-31-26(28)29)22(37)34-20(25(40)41)12-16-13-30-14-32-16/h5-8,13-14,18-21,36H,1-4,9-12,27H2,(H,30,32)(H,33,38)(H,34,37)(H,40,41)(H4,28,29,31). The number of hydrogen-bond acceptors (Lipinski definition) is 8. The molecule has 4 atom stereocenters. The minimum absolute atomic E-state index is 0.0421. The highest BCUT2D eigenvalue weighted by atomic mass is 16.4. The first kappa shape index (κ1) is 30.9. The quantitative estimate of drug-likeness (QED) is 0.0726. The first-order valence-corrected chi connectivity index (χ1v) is 13.2. The lowest BCUT2D eigenvalue weighted by molar-refractivity contribution is -0.143. The van der Waals surface area contributed by atoms with Gasteiger partial charge in [0.2, 0.25) is 17.7 Å². The maximum absolute atomic E-state index is 13.4. The molecule has 0 saturated carbocycles. The molecule has 1 saturated heterocycles. The Kier molecular flexibility index (Phi) is 11.0. The monoisotopic (exact) mass is 571 g/mol. The van der Waals surface area contributed by atoms with Crippen molar-refractivity contribution in [3.63, 3.8) is 0 Å². The molecule has 0 aliphatic carbocycles. The van der Waals surface area contributed by atoms with E-state index in [9.17, 15) is 29.4 Å². The molecular formula is C26H37N9O6. The minimum atomic E-state index is -1.28. The van der Waals surface area contributed by atoms with E-state index in [1.165, 1.54) is 29.6 Å². The number of aromatic nitrogens is 2. The number of H-pyrrole nitrogens is 1. The molecule has 222 valence electrons. The summed E-state index contributed by atoms with van der Waals surface area (Å²) in [6.45, 7) is 0.519. The number of nitrogens with zero attached hydrogens (tertiary/aromatic N) is 3. The summed E-state index contributed by atoms with van der Waals surface area (Å²) in [5.74, 6) is -2.93. The van der Waals surface area contributed by atoms with Crippen LogP contribution in [0.5, 0.6) is 5.75 Å². The van der Waals surface area contributed by atoms with E-state index in [0.29, 0.717) is 31.5 Å². The van der Waals surface area contributed by atoms with Crippen LogP contribution in [-0.4, -0.2) is 92.0 Å². The van der Waals surface area contributed by atoms with Crippen molar-refractivity contribution in [1.82, 2.24) is 25.5 Å². The van der Waals surface area contributed by atoms with E-state index >= 15 is 0 Å². The molecule has 1 aromatic heterocycles. The van der Waals surface area contributed by atoms with Gasteiger partial charge in [-0.05, 0) is 49.8 Å². The number of aliphatic imine (C=N–C) groups is 1. The van der Waals surface area contributed by atoms with Crippen molar-refractivity contribution in [3.8, 4) is 5.75 Å². The third kappa shape index (κ3) is 9.20. The summed E-state index contributed by atoms with van der Waals surface area (Å²) in [5.41, 5.74) is 18.2. The maximum Gasteiger partial charge on any atom is 0.326 e. The van der Waals surface area contributed by atoms with Crippen molar-refractivity contribution in [1.29, 1.82) is 0 Å². The Labute approximate surface area is 236 Å². The van der Waals surface area contributed by atoms with Gasteiger partial charge in [0.25, 0.3) is 0 Å². The highest BCUT2D eigenvalue weighted by Crippen LogP contribution is 2.20. The SMILES string of the molecule is NC(N)=NCCCC(NC(=O)C1CCCN1C(=O)C(N)Cc1ccc(O)cc1)C(=O)NC(Cc1cnc[nH]1)C(=O)O. The van der Waals surface area contributed by atoms with Crippen molar-refractivity contribution < 1.29 is 29.4 Å². The van der Waals surface area contributed by atoms with Crippen LogP contribution >= 0.6 is 0 Å². The number of hydrogen-bond donors (Lipinski definition) is 8. The van der Waals surface area contributed by atoms with Crippen LogP contribution in [0.25, 0.3) is 0 Å². The van der Waals surface area contributed by atoms with Gasteiger partial charge in [0, 0.05) is 31.4 Å². The van der Waals surface area contributed by atoms with Crippen molar-refractivity contribution >= 4 is 29.7 Å². The molecule has 0 spiro atoms. The van der Waals surface area contributed by atoms with Gasteiger partial charge in [-0.3, -0.25) is 19.4 Å². The molecule has 0 radical (unpaired) electrons. The van der Waals surface area contributed by atoms with Gasteiger partial charge in [-0.2, -0.15) is 0 Å². The van der Waals surface area contributed by atoms with Crippen LogP contribution in [0.1, 0.15) is 36.9 Å². The molecule has 1 aliphatic rings. The number of carbonyl (C=O) groups is 4. The summed E-state index contributed by atoms with van der Waals surface area (Å²) >= 11 is 0. The fraction of sp³-hybridized carbons (Fsp3) is 0.462. The molecule has 3 rings (SSSR count). The Morgan fingerprint density at radius 2 is 1.85 bits per heavy atom. The fourth-order valence-electron chi connectivity index (χ4n) is 4.62. The number of aromatic hydroxyl groups is 1.